The van der Waals surface area contributed by atoms with Crippen molar-refractivity contribution in [2.75, 3.05) is 12.4 Å². The molecule has 0 aliphatic heterocycles. The van der Waals surface area contributed by atoms with Crippen molar-refractivity contribution in [1.29, 1.82) is 0 Å². The SMILES string of the molecule is C[C@@H](C(=O)Nc1nncs1)N(C)Cc1ccc2ncccc2c1. The molecule has 0 spiro atoms. The minimum Gasteiger partial charge on any atom is -0.299 e. The number of carbonyl (C=O) groups excluding carboxylic acids is 1. The highest BCUT2D eigenvalue weighted by atomic mass is 32.1. The highest BCUT2D eigenvalue weighted by Gasteiger charge is 2.19. The van der Waals surface area contributed by atoms with Gasteiger partial charge in [-0.3, -0.25) is 20.0 Å². The fourth-order valence-electron chi connectivity index (χ4n) is 2.29. The first kappa shape index (κ1) is 15.5. The maximum absolute atomic E-state index is 12.2. The van der Waals surface area contributed by atoms with Crippen LogP contribution < -0.4 is 5.32 Å². The molecule has 2 aromatic heterocycles. The van der Waals surface area contributed by atoms with Crippen molar-refractivity contribution in [1.82, 2.24) is 20.1 Å². The molecule has 0 unspecified atom stereocenters. The number of hydrogen-bond donors (Lipinski definition) is 1. The van der Waals surface area contributed by atoms with Gasteiger partial charge in [-0.2, -0.15) is 0 Å². The highest BCUT2D eigenvalue weighted by molar-refractivity contribution is 7.13. The fourth-order valence-corrected chi connectivity index (χ4v) is 2.73. The number of pyridine rings is 1. The van der Waals surface area contributed by atoms with Crippen molar-refractivity contribution in [2.24, 2.45) is 0 Å². The molecule has 0 radical (unpaired) electrons. The minimum absolute atomic E-state index is 0.0910. The van der Waals surface area contributed by atoms with Crippen LogP contribution in [0.25, 0.3) is 10.9 Å². The maximum atomic E-state index is 12.2. The molecule has 0 aliphatic carbocycles. The molecule has 6 nitrogen and oxygen atoms in total. The molecule has 2 heterocycles. The van der Waals surface area contributed by atoms with Crippen LogP contribution in [-0.2, 0) is 11.3 Å². The molecule has 0 saturated heterocycles. The average Bonchev–Trinajstić information content (AvgIpc) is 3.07. The molecule has 0 aliphatic rings. The molecule has 3 rings (SSSR count). The van der Waals surface area contributed by atoms with Crippen LogP contribution in [0.1, 0.15) is 12.5 Å². The second-order valence-electron chi connectivity index (χ2n) is 5.35. The van der Waals surface area contributed by atoms with Gasteiger partial charge in [-0.25, -0.2) is 0 Å². The molecular formula is C16H17N5OS. The summed E-state index contributed by atoms with van der Waals surface area (Å²) in [5.74, 6) is -0.0910. The molecule has 0 fully saturated rings. The standard InChI is InChI=1S/C16H17N5OS/c1-11(15(22)19-16-20-18-10-23-16)21(2)9-12-5-6-14-13(8-12)4-3-7-17-14/h3-8,10-11H,9H2,1-2H3,(H,19,20,22)/t11-/m0/s1. The van der Waals surface area contributed by atoms with E-state index in [1.807, 2.05) is 43.1 Å². The Balaban J connectivity index is 1.66. The Bertz CT molecular complexity index is 805. The molecule has 0 bridgehead atoms. The fraction of sp³-hybridized carbons (Fsp3) is 0.250. The van der Waals surface area contributed by atoms with E-state index >= 15 is 0 Å². The Hall–Kier alpha value is -2.38. The first-order valence-electron chi connectivity index (χ1n) is 7.24. The predicted molar refractivity (Wildman–Crippen MR) is 91.2 cm³/mol. The van der Waals surface area contributed by atoms with Crippen LogP contribution in [0.3, 0.4) is 0 Å². The minimum atomic E-state index is -0.275. The Labute approximate surface area is 138 Å². The molecular weight excluding hydrogens is 310 g/mol. The van der Waals surface area contributed by atoms with Gasteiger partial charge in [0.2, 0.25) is 11.0 Å². The number of aromatic nitrogens is 3. The van der Waals surface area contributed by atoms with Gasteiger partial charge in [0.15, 0.2) is 0 Å². The number of nitrogens with one attached hydrogen (secondary N) is 1. The zero-order valence-corrected chi connectivity index (χ0v) is 13.7. The lowest BCUT2D eigenvalue weighted by Crippen LogP contribution is -2.39. The molecule has 23 heavy (non-hydrogen) atoms. The predicted octanol–water partition coefficient (Wildman–Crippen LogP) is 2.55. The van der Waals surface area contributed by atoms with Gasteiger partial charge in [0.1, 0.15) is 5.51 Å². The van der Waals surface area contributed by atoms with Gasteiger partial charge in [0.05, 0.1) is 11.6 Å². The van der Waals surface area contributed by atoms with Crippen LogP contribution >= 0.6 is 11.3 Å². The van der Waals surface area contributed by atoms with Gasteiger partial charge in [0, 0.05) is 18.1 Å². The normalized spacial score (nSPS) is 12.5. The lowest BCUT2D eigenvalue weighted by molar-refractivity contribution is -0.120. The van der Waals surface area contributed by atoms with Crippen LogP contribution in [0.15, 0.2) is 42.0 Å². The smallest absolute Gasteiger partial charge is 0.243 e. The van der Waals surface area contributed by atoms with E-state index in [9.17, 15) is 4.79 Å². The topological polar surface area (TPSA) is 71.0 Å². The molecule has 7 heteroatoms. The van der Waals surface area contributed by atoms with Gasteiger partial charge in [-0.05, 0) is 37.7 Å². The van der Waals surface area contributed by atoms with E-state index in [1.54, 1.807) is 11.7 Å². The van der Waals surface area contributed by atoms with Crippen LogP contribution in [0.5, 0.6) is 0 Å². The lowest BCUT2D eigenvalue weighted by Gasteiger charge is -2.23. The monoisotopic (exact) mass is 327 g/mol. The van der Waals surface area contributed by atoms with Gasteiger partial charge in [0.25, 0.3) is 0 Å². The second kappa shape index (κ2) is 6.80. The van der Waals surface area contributed by atoms with Gasteiger partial charge >= 0.3 is 0 Å². The molecule has 1 N–H and O–H groups in total. The number of likely N-dealkylation sites (N-methyl/N-ethyl adjacent to an activating group) is 1. The molecule has 3 aromatic rings. The largest absolute Gasteiger partial charge is 0.299 e. The van der Waals surface area contributed by atoms with Crippen molar-refractivity contribution >= 4 is 33.3 Å². The van der Waals surface area contributed by atoms with E-state index in [-0.39, 0.29) is 11.9 Å². The molecule has 118 valence electrons. The van der Waals surface area contributed by atoms with Crippen molar-refractivity contribution in [2.45, 2.75) is 19.5 Å². The summed E-state index contributed by atoms with van der Waals surface area (Å²) in [6, 6.07) is 9.84. The summed E-state index contributed by atoms with van der Waals surface area (Å²) in [4.78, 5) is 18.5. The maximum Gasteiger partial charge on any atom is 0.243 e. The van der Waals surface area contributed by atoms with E-state index < -0.39 is 0 Å². The molecule has 1 amide bonds. The third kappa shape index (κ3) is 3.69. The average molecular weight is 327 g/mol. The summed E-state index contributed by atoms with van der Waals surface area (Å²) in [6.07, 6.45) is 1.79. The Morgan fingerprint density at radius 3 is 3.04 bits per heavy atom. The number of carbonyl (C=O) groups is 1. The molecule has 1 aromatic carbocycles. The molecule has 1 atom stereocenters. The number of hydrogen-bond acceptors (Lipinski definition) is 6. The van der Waals surface area contributed by atoms with E-state index in [4.69, 9.17) is 0 Å². The Morgan fingerprint density at radius 2 is 2.26 bits per heavy atom. The number of anilines is 1. The summed E-state index contributed by atoms with van der Waals surface area (Å²) in [5, 5.41) is 11.9. The van der Waals surface area contributed by atoms with Crippen molar-refractivity contribution in [3.63, 3.8) is 0 Å². The van der Waals surface area contributed by atoms with Crippen LogP contribution in [0, 0.1) is 0 Å². The van der Waals surface area contributed by atoms with Crippen molar-refractivity contribution in [3.8, 4) is 0 Å². The summed E-state index contributed by atoms with van der Waals surface area (Å²) in [5.41, 5.74) is 3.71. The first-order chi connectivity index (χ1) is 11.1. The lowest BCUT2D eigenvalue weighted by atomic mass is 10.1. The number of nitrogens with zero attached hydrogens (tertiary/aromatic N) is 4. The Morgan fingerprint density at radius 1 is 1.39 bits per heavy atom. The highest BCUT2D eigenvalue weighted by Crippen LogP contribution is 2.16. The summed E-state index contributed by atoms with van der Waals surface area (Å²) >= 11 is 1.31. The van der Waals surface area contributed by atoms with Crippen molar-refractivity contribution in [3.05, 3.63) is 47.6 Å². The van der Waals surface area contributed by atoms with E-state index in [0.717, 1.165) is 16.5 Å². The van der Waals surface area contributed by atoms with Gasteiger partial charge in [-0.15, -0.1) is 10.2 Å². The van der Waals surface area contributed by atoms with E-state index in [0.29, 0.717) is 11.7 Å². The zero-order chi connectivity index (χ0) is 16.2. The van der Waals surface area contributed by atoms with Crippen molar-refractivity contribution < 1.29 is 4.79 Å². The number of fused-ring (bicyclic) bond motifs is 1. The van der Waals surface area contributed by atoms with E-state index in [1.165, 1.54) is 11.3 Å². The third-order valence-corrected chi connectivity index (χ3v) is 4.34. The van der Waals surface area contributed by atoms with Gasteiger partial charge < -0.3 is 0 Å². The summed E-state index contributed by atoms with van der Waals surface area (Å²) < 4.78 is 0. The number of rotatable bonds is 5. The summed E-state index contributed by atoms with van der Waals surface area (Å²) in [6.45, 7) is 2.55. The quantitative estimate of drug-likeness (QED) is 0.780. The van der Waals surface area contributed by atoms with E-state index in [2.05, 4.69) is 26.6 Å². The summed E-state index contributed by atoms with van der Waals surface area (Å²) in [7, 11) is 1.93. The first-order valence-corrected chi connectivity index (χ1v) is 8.12. The van der Waals surface area contributed by atoms with Crippen LogP contribution in [-0.4, -0.2) is 39.1 Å². The van der Waals surface area contributed by atoms with Crippen LogP contribution in [0.4, 0.5) is 5.13 Å². The molecule has 0 saturated carbocycles. The van der Waals surface area contributed by atoms with Crippen LogP contribution in [0.2, 0.25) is 0 Å². The zero-order valence-electron chi connectivity index (χ0n) is 12.9. The number of amides is 1. The third-order valence-electron chi connectivity index (χ3n) is 3.73. The Kier molecular flexibility index (Phi) is 4.59. The second-order valence-corrected chi connectivity index (χ2v) is 6.19. The van der Waals surface area contributed by atoms with Gasteiger partial charge in [-0.1, -0.05) is 23.5 Å². The number of benzene rings is 1.